The first-order valence-corrected chi connectivity index (χ1v) is 12.1. The van der Waals surface area contributed by atoms with Crippen molar-refractivity contribution in [3.8, 4) is 11.8 Å². The molecule has 35 heavy (non-hydrogen) atoms. The zero-order valence-corrected chi connectivity index (χ0v) is 19.6. The van der Waals surface area contributed by atoms with E-state index in [1.807, 2.05) is 24.3 Å². The summed E-state index contributed by atoms with van der Waals surface area (Å²) in [6.07, 6.45) is 7.31. The fourth-order valence-corrected chi connectivity index (χ4v) is 5.93. The lowest BCUT2D eigenvalue weighted by molar-refractivity contribution is -0.192. The number of aryl methyl sites for hydroxylation is 1. The van der Waals surface area contributed by atoms with Crippen LogP contribution in [0.4, 0.5) is 4.39 Å². The van der Waals surface area contributed by atoms with Crippen LogP contribution in [0.25, 0.3) is 0 Å². The predicted molar refractivity (Wildman–Crippen MR) is 130 cm³/mol. The maximum absolute atomic E-state index is 14.0. The highest BCUT2D eigenvalue weighted by molar-refractivity contribution is 5.78. The quantitative estimate of drug-likeness (QED) is 0.661. The maximum Gasteiger partial charge on any atom is 0.221 e. The lowest BCUT2D eigenvalue weighted by Crippen LogP contribution is -2.42. The normalized spacial score (nSPS) is 29.3. The number of nitrogens with zero attached hydrogens (tertiary/aromatic N) is 3. The van der Waals surface area contributed by atoms with Gasteiger partial charge in [0, 0.05) is 25.3 Å². The number of allylic oxidation sites excluding steroid dienone is 4. The number of fused-ring (bicyclic) bond motifs is 3. The predicted octanol–water partition coefficient (Wildman–Crippen LogP) is 5.09. The molecule has 0 fully saturated rings. The Morgan fingerprint density at radius 1 is 1.26 bits per heavy atom. The van der Waals surface area contributed by atoms with E-state index in [4.69, 9.17) is 20.3 Å². The van der Waals surface area contributed by atoms with Crippen molar-refractivity contribution in [2.45, 2.75) is 55.8 Å². The van der Waals surface area contributed by atoms with Gasteiger partial charge in [0.15, 0.2) is 0 Å². The van der Waals surface area contributed by atoms with Gasteiger partial charge in [0.1, 0.15) is 23.7 Å². The fourth-order valence-electron chi connectivity index (χ4n) is 5.93. The van der Waals surface area contributed by atoms with E-state index < -0.39 is 11.6 Å². The zero-order chi connectivity index (χ0) is 24.2. The molecule has 2 aliphatic heterocycles. The molecular weight excluding hydrogens is 443 g/mol. The Bertz CT molecular complexity index is 1330. The highest BCUT2D eigenvalue weighted by Crippen LogP contribution is 2.51. The summed E-state index contributed by atoms with van der Waals surface area (Å²) in [5, 5.41) is 10.8. The Balaban J connectivity index is 1.41. The van der Waals surface area contributed by atoms with Crippen molar-refractivity contribution in [2.24, 2.45) is 10.7 Å². The number of nitrogens with two attached hydrogens (primary N) is 1. The third-order valence-corrected chi connectivity index (χ3v) is 7.68. The molecule has 2 aromatic rings. The van der Waals surface area contributed by atoms with E-state index in [2.05, 4.69) is 24.3 Å². The first kappa shape index (κ1) is 21.9. The van der Waals surface area contributed by atoms with Gasteiger partial charge in [-0.1, -0.05) is 36.4 Å². The molecule has 4 aliphatic rings. The van der Waals surface area contributed by atoms with Gasteiger partial charge in [-0.05, 0) is 60.6 Å². The molecule has 178 valence electrons. The van der Waals surface area contributed by atoms with Gasteiger partial charge in [0.05, 0.1) is 11.1 Å². The molecule has 6 nitrogen and oxygen atoms in total. The topological polar surface area (TPSA) is 83.9 Å². The van der Waals surface area contributed by atoms with Crippen LogP contribution >= 0.6 is 0 Å². The molecule has 2 unspecified atom stereocenters. The summed E-state index contributed by atoms with van der Waals surface area (Å²) in [6.45, 7) is 0. The molecule has 0 bridgehead atoms. The number of nitriles is 1. The van der Waals surface area contributed by atoms with Crippen LogP contribution in [0.5, 0.6) is 5.75 Å². The van der Waals surface area contributed by atoms with Crippen LogP contribution in [0.3, 0.4) is 0 Å². The van der Waals surface area contributed by atoms with E-state index in [0.717, 1.165) is 36.1 Å². The second-order valence-corrected chi connectivity index (χ2v) is 9.74. The van der Waals surface area contributed by atoms with Crippen molar-refractivity contribution in [3.05, 3.63) is 88.3 Å². The Hall–Kier alpha value is -3.63. The van der Waals surface area contributed by atoms with Crippen LogP contribution in [-0.2, 0) is 17.0 Å². The summed E-state index contributed by atoms with van der Waals surface area (Å²) < 4.78 is 20.6. The number of rotatable bonds is 2. The number of halogens is 1. The van der Waals surface area contributed by atoms with Crippen molar-refractivity contribution >= 4 is 5.96 Å². The Morgan fingerprint density at radius 2 is 2.11 bits per heavy atom. The van der Waals surface area contributed by atoms with Gasteiger partial charge >= 0.3 is 0 Å². The third-order valence-electron chi connectivity index (χ3n) is 7.68. The summed E-state index contributed by atoms with van der Waals surface area (Å²) in [6, 6.07) is 16.5. The van der Waals surface area contributed by atoms with Gasteiger partial charge in [-0.3, -0.25) is 0 Å². The number of hydrogen-bond donors (Lipinski definition) is 1. The van der Waals surface area contributed by atoms with Crippen LogP contribution in [0.1, 0.15) is 59.8 Å². The lowest BCUT2D eigenvalue weighted by Gasteiger charge is -2.41. The molecule has 0 amide bonds. The van der Waals surface area contributed by atoms with Crippen LogP contribution in [0.15, 0.2) is 71.0 Å². The van der Waals surface area contributed by atoms with Crippen molar-refractivity contribution in [1.82, 2.24) is 5.06 Å². The molecule has 2 aliphatic carbocycles. The summed E-state index contributed by atoms with van der Waals surface area (Å²) in [4.78, 5) is 11.1. The molecule has 2 N–H and O–H groups in total. The Labute approximate surface area is 204 Å². The SMILES string of the molecule is CN1O[C@@]2(CC([C@H]3CCCc4ccccc43)Oc3ccc(C4C=C(C#N)C(F)=CC4)cc32)N=C1N. The molecule has 4 atom stereocenters. The lowest BCUT2D eigenvalue weighted by atomic mass is 9.76. The van der Waals surface area contributed by atoms with Crippen molar-refractivity contribution in [3.63, 3.8) is 0 Å². The van der Waals surface area contributed by atoms with Crippen LogP contribution in [0.2, 0.25) is 0 Å². The number of ether oxygens (including phenoxy) is 1. The van der Waals surface area contributed by atoms with E-state index in [0.29, 0.717) is 18.8 Å². The summed E-state index contributed by atoms with van der Waals surface area (Å²) >= 11 is 0. The minimum absolute atomic E-state index is 0.0695. The van der Waals surface area contributed by atoms with E-state index in [1.165, 1.54) is 22.3 Å². The monoisotopic (exact) mass is 470 g/mol. The fraction of sp³-hybridized carbons (Fsp3) is 0.357. The molecule has 2 aromatic carbocycles. The van der Waals surface area contributed by atoms with Crippen molar-refractivity contribution < 1.29 is 14.0 Å². The van der Waals surface area contributed by atoms with Crippen molar-refractivity contribution in [1.29, 1.82) is 5.26 Å². The number of benzene rings is 2. The van der Waals surface area contributed by atoms with Gasteiger partial charge in [-0.2, -0.15) is 5.26 Å². The van der Waals surface area contributed by atoms with E-state index in [9.17, 15) is 9.65 Å². The first-order valence-electron chi connectivity index (χ1n) is 12.1. The first-order chi connectivity index (χ1) is 17.0. The molecule has 0 aromatic heterocycles. The molecule has 1 spiro atoms. The molecular formula is C28H27FN4O2. The summed E-state index contributed by atoms with van der Waals surface area (Å²) in [5.74, 6) is 0.704. The maximum atomic E-state index is 14.0. The summed E-state index contributed by atoms with van der Waals surface area (Å²) in [5.41, 5.74) is 9.76. The van der Waals surface area contributed by atoms with E-state index >= 15 is 0 Å². The third kappa shape index (κ3) is 3.60. The molecule has 0 saturated carbocycles. The van der Waals surface area contributed by atoms with Crippen LogP contribution in [0, 0.1) is 11.3 Å². The Kier molecular flexibility index (Phi) is 5.15. The molecule has 0 radical (unpaired) electrons. The molecule has 2 heterocycles. The molecule has 0 saturated heterocycles. The standard InChI is InChI=1S/C28H27FN4O2/c1-33-27(31)32-28(35-33)15-26(22-8-4-6-17-5-2-3-7-21(17)22)34-25-12-10-19(14-23(25)28)18-9-11-24(29)20(13-18)16-30/h2-3,5,7,10-14,18,22,26H,4,6,8-9,15H2,1H3,(H2,31,32)/t18?,22-,26?,28+/m0/s1. The number of hydroxylamine groups is 2. The summed E-state index contributed by atoms with van der Waals surface area (Å²) in [7, 11) is 1.76. The van der Waals surface area contributed by atoms with Gasteiger partial charge in [0.2, 0.25) is 11.7 Å². The second-order valence-electron chi connectivity index (χ2n) is 9.74. The van der Waals surface area contributed by atoms with Crippen LogP contribution in [-0.4, -0.2) is 24.2 Å². The van der Waals surface area contributed by atoms with Gasteiger partial charge < -0.3 is 10.5 Å². The number of guanidine groups is 1. The van der Waals surface area contributed by atoms with E-state index in [-0.39, 0.29) is 23.5 Å². The van der Waals surface area contributed by atoms with E-state index in [1.54, 1.807) is 13.1 Å². The minimum Gasteiger partial charge on any atom is -0.489 e. The second kappa shape index (κ2) is 8.24. The van der Waals surface area contributed by atoms with Gasteiger partial charge in [-0.15, -0.1) is 0 Å². The van der Waals surface area contributed by atoms with Gasteiger partial charge in [-0.25, -0.2) is 19.3 Å². The van der Waals surface area contributed by atoms with Crippen LogP contribution < -0.4 is 10.5 Å². The zero-order valence-electron chi connectivity index (χ0n) is 19.6. The minimum atomic E-state index is -0.989. The number of aliphatic imine (C=N–C) groups is 1. The largest absolute Gasteiger partial charge is 0.489 e. The average Bonchev–Trinajstić information content (AvgIpc) is 3.16. The smallest absolute Gasteiger partial charge is 0.221 e. The van der Waals surface area contributed by atoms with Crippen molar-refractivity contribution in [2.75, 3.05) is 7.05 Å². The highest BCUT2D eigenvalue weighted by atomic mass is 19.1. The molecule has 7 heteroatoms. The highest BCUT2D eigenvalue weighted by Gasteiger charge is 2.50. The number of hydrogen-bond acceptors (Lipinski definition) is 6. The average molecular weight is 471 g/mol. The Morgan fingerprint density at radius 3 is 2.91 bits per heavy atom. The van der Waals surface area contributed by atoms with Gasteiger partial charge in [0.25, 0.3) is 0 Å². The molecule has 6 rings (SSSR count).